The standard InChI is InChI=1S/C38H66N2/c1-3-5-7-9-11-13-14-15-16-17-19-21-26-33-38-39-37(32-28-31-36-29-24-23-25-30-36)35-40(38)34-27-22-20-18-12-10-8-6-4-2/h23-25,29-30,35H,3-22,26-28,31-34H2,1-2H3. The Kier molecular flexibility index (Phi) is 21.8. The molecule has 1 heterocycles. The molecule has 0 amide bonds. The third-order valence-corrected chi connectivity index (χ3v) is 8.66. The van der Waals surface area contributed by atoms with Crippen molar-refractivity contribution in [2.24, 2.45) is 0 Å². The number of unbranched alkanes of at least 4 members (excludes halogenated alkanes) is 20. The molecular formula is C38H66N2. The molecule has 0 fully saturated rings. The van der Waals surface area contributed by atoms with Gasteiger partial charge in [0.15, 0.2) is 0 Å². The maximum atomic E-state index is 5.16. The average Bonchev–Trinajstić information content (AvgIpc) is 3.36. The van der Waals surface area contributed by atoms with Gasteiger partial charge in [0.1, 0.15) is 5.82 Å². The van der Waals surface area contributed by atoms with Crippen molar-refractivity contribution in [1.29, 1.82) is 0 Å². The molecule has 0 aliphatic rings. The first-order valence-electron chi connectivity index (χ1n) is 17.9. The van der Waals surface area contributed by atoms with E-state index in [0.29, 0.717) is 0 Å². The van der Waals surface area contributed by atoms with Gasteiger partial charge in [-0.05, 0) is 37.7 Å². The number of rotatable bonds is 28. The minimum absolute atomic E-state index is 1.10. The largest absolute Gasteiger partial charge is 0.335 e. The Balaban J connectivity index is 1.64. The minimum atomic E-state index is 1.10. The lowest BCUT2D eigenvalue weighted by Crippen LogP contribution is -2.03. The van der Waals surface area contributed by atoms with Crippen molar-refractivity contribution in [3.8, 4) is 0 Å². The van der Waals surface area contributed by atoms with Crippen molar-refractivity contribution in [2.45, 2.75) is 187 Å². The summed E-state index contributed by atoms with van der Waals surface area (Å²) in [5.41, 5.74) is 2.76. The van der Waals surface area contributed by atoms with E-state index in [-0.39, 0.29) is 0 Å². The zero-order valence-corrected chi connectivity index (χ0v) is 27.0. The second-order valence-electron chi connectivity index (χ2n) is 12.5. The first kappa shape index (κ1) is 34.6. The average molecular weight is 551 g/mol. The Morgan fingerprint density at radius 3 is 1.48 bits per heavy atom. The summed E-state index contributed by atoms with van der Waals surface area (Å²) in [5.74, 6) is 1.36. The Labute approximate surface area is 250 Å². The summed E-state index contributed by atoms with van der Waals surface area (Å²) in [7, 11) is 0. The second-order valence-corrected chi connectivity index (χ2v) is 12.5. The van der Waals surface area contributed by atoms with Crippen LogP contribution < -0.4 is 0 Å². The normalized spacial score (nSPS) is 11.4. The molecule has 2 heteroatoms. The molecule has 0 aliphatic heterocycles. The van der Waals surface area contributed by atoms with Gasteiger partial charge in [-0.15, -0.1) is 0 Å². The van der Waals surface area contributed by atoms with Gasteiger partial charge in [0, 0.05) is 19.2 Å². The lowest BCUT2D eigenvalue weighted by molar-refractivity contribution is 0.521. The number of nitrogens with zero attached hydrogens (tertiary/aromatic N) is 2. The highest BCUT2D eigenvalue weighted by Crippen LogP contribution is 2.17. The van der Waals surface area contributed by atoms with Crippen molar-refractivity contribution >= 4 is 0 Å². The highest BCUT2D eigenvalue weighted by atomic mass is 15.1. The predicted molar refractivity (Wildman–Crippen MR) is 177 cm³/mol. The molecule has 2 aromatic rings. The minimum Gasteiger partial charge on any atom is -0.335 e. The number of hydrogen-bond donors (Lipinski definition) is 0. The Bertz CT molecular complexity index is 793. The molecule has 40 heavy (non-hydrogen) atoms. The number of imidazole rings is 1. The third kappa shape index (κ3) is 18.0. The Morgan fingerprint density at radius 1 is 0.475 bits per heavy atom. The summed E-state index contributed by atoms with van der Waals surface area (Å²) < 4.78 is 2.53. The molecule has 2 nitrogen and oxygen atoms in total. The van der Waals surface area contributed by atoms with E-state index in [9.17, 15) is 0 Å². The van der Waals surface area contributed by atoms with Crippen molar-refractivity contribution in [2.75, 3.05) is 0 Å². The number of hydrogen-bond acceptors (Lipinski definition) is 1. The molecule has 0 aliphatic carbocycles. The van der Waals surface area contributed by atoms with E-state index in [4.69, 9.17) is 4.98 Å². The molecule has 0 bridgehead atoms. The first-order chi connectivity index (χ1) is 19.8. The van der Waals surface area contributed by atoms with Gasteiger partial charge in [0.25, 0.3) is 0 Å². The second kappa shape index (κ2) is 25.2. The van der Waals surface area contributed by atoms with Crippen molar-refractivity contribution in [3.05, 3.63) is 53.6 Å². The SMILES string of the molecule is CCCCCCCCCCCCCCCc1nc(CCCc2ccccc2)cn1CCCCCCCCCCC. The van der Waals surface area contributed by atoms with Crippen LogP contribution in [0, 0.1) is 0 Å². The van der Waals surface area contributed by atoms with E-state index >= 15 is 0 Å². The lowest BCUT2D eigenvalue weighted by atomic mass is 10.0. The maximum absolute atomic E-state index is 5.16. The molecule has 1 aromatic heterocycles. The van der Waals surface area contributed by atoms with Crippen LogP contribution >= 0.6 is 0 Å². The maximum Gasteiger partial charge on any atom is 0.108 e. The number of aryl methyl sites for hydroxylation is 4. The third-order valence-electron chi connectivity index (χ3n) is 8.66. The van der Waals surface area contributed by atoms with Gasteiger partial charge in [-0.25, -0.2) is 4.98 Å². The highest BCUT2D eigenvalue weighted by molar-refractivity contribution is 5.15. The predicted octanol–water partition coefficient (Wildman–Crippen LogP) is 12.2. The van der Waals surface area contributed by atoms with Crippen molar-refractivity contribution < 1.29 is 0 Å². The van der Waals surface area contributed by atoms with Crippen LogP contribution in [0.15, 0.2) is 36.5 Å². The molecule has 0 spiro atoms. The molecule has 0 saturated carbocycles. The Morgan fingerprint density at radius 2 is 0.950 bits per heavy atom. The van der Waals surface area contributed by atoms with Gasteiger partial charge < -0.3 is 4.57 Å². The molecular weight excluding hydrogens is 484 g/mol. The first-order valence-corrected chi connectivity index (χ1v) is 17.9. The summed E-state index contributed by atoms with van der Waals surface area (Å²) in [6.07, 6.45) is 38.0. The summed E-state index contributed by atoms with van der Waals surface area (Å²) >= 11 is 0. The van der Waals surface area contributed by atoms with Gasteiger partial charge in [-0.2, -0.15) is 0 Å². The molecule has 1 aromatic carbocycles. The van der Waals surface area contributed by atoms with Crippen molar-refractivity contribution in [1.82, 2.24) is 9.55 Å². The smallest absolute Gasteiger partial charge is 0.108 e. The van der Waals surface area contributed by atoms with E-state index in [1.165, 1.54) is 165 Å². The molecule has 0 atom stereocenters. The highest BCUT2D eigenvalue weighted by Gasteiger charge is 2.09. The lowest BCUT2D eigenvalue weighted by Gasteiger charge is -2.08. The van der Waals surface area contributed by atoms with Crippen molar-refractivity contribution in [3.63, 3.8) is 0 Å². The van der Waals surface area contributed by atoms with E-state index in [1.54, 1.807) is 0 Å². The van der Waals surface area contributed by atoms with E-state index in [1.807, 2.05) is 0 Å². The van der Waals surface area contributed by atoms with Crippen LogP contribution in [0.1, 0.15) is 179 Å². The summed E-state index contributed by atoms with van der Waals surface area (Å²) in [6.45, 7) is 5.77. The van der Waals surface area contributed by atoms with Crippen LogP contribution in [-0.4, -0.2) is 9.55 Å². The quantitative estimate of drug-likeness (QED) is 0.0963. The van der Waals surface area contributed by atoms with Crippen LogP contribution in [-0.2, 0) is 25.8 Å². The fourth-order valence-corrected chi connectivity index (χ4v) is 6.04. The fourth-order valence-electron chi connectivity index (χ4n) is 6.04. The molecule has 0 radical (unpaired) electrons. The topological polar surface area (TPSA) is 17.8 Å². The van der Waals surface area contributed by atoms with Crippen LogP contribution in [0.4, 0.5) is 0 Å². The summed E-state index contributed by atoms with van der Waals surface area (Å²) in [6, 6.07) is 10.9. The van der Waals surface area contributed by atoms with E-state index < -0.39 is 0 Å². The van der Waals surface area contributed by atoms with Gasteiger partial charge in [-0.1, -0.05) is 173 Å². The zero-order chi connectivity index (χ0) is 28.4. The Hall–Kier alpha value is -1.57. The zero-order valence-electron chi connectivity index (χ0n) is 27.0. The van der Waals surface area contributed by atoms with Gasteiger partial charge in [-0.3, -0.25) is 0 Å². The van der Waals surface area contributed by atoms with Crippen LogP contribution in [0.3, 0.4) is 0 Å². The van der Waals surface area contributed by atoms with Crippen LogP contribution in [0.25, 0.3) is 0 Å². The van der Waals surface area contributed by atoms with Gasteiger partial charge in [0.05, 0.1) is 5.69 Å². The van der Waals surface area contributed by atoms with Crippen LogP contribution in [0.5, 0.6) is 0 Å². The number of benzene rings is 1. The monoisotopic (exact) mass is 551 g/mol. The summed E-state index contributed by atoms with van der Waals surface area (Å²) in [4.78, 5) is 5.16. The van der Waals surface area contributed by atoms with Crippen LogP contribution in [0.2, 0.25) is 0 Å². The van der Waals surface area contributed by atoms with E-state index in [0.717, 1.165) is 25.8 Å². The number of aromatic nitrogens is 2. The van der Waals surface area contributed by atoms with Gasteiger partial charge >= 0.3 is 0 Å². The molecule has 228 valence electrons. The van der Waals surface area contributed by atoms with E-state index in [2.05, 4.69) is 54.9 Å². The molecule has 0 unspecified atom stereocenters. The molecule has 0 N–H and O–H groups in total. The fraction of sp³-hybridized carbons (Fsp3) is 0.763. The molecule has 2 rings (SSSR count). The molecule has 0 saturated heterocycles. The summed E-state index contributed by atoms with van der Waals surface area (Å²) in [5, 5.41) is 0. The van der Waals surface area contributed by atoms with Gasteiger partial charge in [0.2, 0.25) is 0 Å².